The van der Waals surface area contributed by atoms with Crippen LogP contribution in [0.4, 0.5) is 17.1 Å². The lowest BCUT2D eigenvalue weighted by Crippen LogP contribution is -2.34. The Bertz CT molecular complexity index is 787. The molecule has 0 fully saturated rings. The average Bonchev–Trinajstić information content (AvgIpc) is 2.64. The first kappa shape index (κ1) is 19.3. The summed E-state index contributed by atoms with van der Waals surface area (Å²) in [5.41, 5.74) is 2.09. The molecule has 2 aromatic rings. The number of nitro benzene ring substituents is 1. The average molecular weight is 372 g/mol. The number of thiocarbonyl (C=S) groups is 1. The Kier molecular flexibility index (Phi) is 6.62. The highest BCUT2D eigenvalue weighted by Gasteiger charge is 2.11. The van der Waals surface area contributed by atoms with E-state index < -0.39 is 10.8 Å². The second-order valence-electron chi connectivity index (χ2n) is 5.43. The van der Waals surface area contributed by atoms with E-state index in [9.17, 15) is 14.9 Å². The van der Waals surface area contributed by atoms with Crippen LogP contribution in [0.5, 0.6) is 0 Å². The summed E-state index contributed by atoms with van der Waals surface area (Å²) in [6.07, 6.45) is 0. The SMILES string of the molecule is CCN(CC)c1ccc(NC(=S)NC(=O)c2ccc([N+](=O)[O-])cc2)cc1. The fourth-order valence-corrected chi connectivity index (χ4v) is 2.63. The zero-order chi connectivity index (χ0) is 19.1. The molecule has 0 bridgehead atoms. The summed E-state index contributed by atoms with van der Waals surface area (Å²) >= 11 is 5.15. The molecular formula is C18H20N4O3S. The van der Waals surface area contributed by atoms with Crippen LogP contribution in [-0.2, 0) is 0 Å². The fraction of sp³-hybridized carbons (Fsp3) is 0.222. The van der Waals surface area contributed by atoms with Crippen LogP contribution < -0.4 is 15.5 Å². The topological polar surface area (TPSA) is 87.5 Å². The van der Waals surface area contributed by atoms with Crippen molar-refractivity contribution in [1.29, 1.82) is 0 Å². The molecule has 26 heavy (non-hydrogen) atoms. The maximum atomic E-state index is 12.1. The Hall–Kier alpha value is -3.00. The number of nitro groups is 1. The third kappa shape index (κ3) is 5.00. The largest absolute Gasteiger partial charge is 0.372 e. The number of benzene rings is 2. The van der Waals surface area contributed by atoms with E-state index in [4.69, 9.17) is 12.2 Å². The van der Waals surface area contributed by atoms with E-state index in [2.05, 4.69) is 29.4 Å². The molecule has 8 heteroatoms. The van der Waals surface area contributed by atoms with Crippen molar-refractivity contribution >= 4 is 40.3 Å². The van der Waals surface area contributed by atoms with Crippen molar-refractivity contribution in [1.82, 2.24) is 5.32 Å². The zero-order valence-electron chi connectivity index (χ0n) is 14.6. The minimum Gasteiger partial charge on any atom is -0.372 e. The summed E-state index contributed by atoms with van der Waals surface area (Å²) in [6, 6.07) is 13.1. The Balaban J connectivity index is 1.95. The minimum absolute atomic E-state index is 0.0736. The number of carbonyl (C=O) groups is 1. The van der Waals surface area contributed by atoms with Crippen LogP contribution in [-0.4, -0.2) is 29.0 Å². The first-order valence-corrected chi connectivity index (χ1v) is 8.57. The summed E-state index contributed by atoms with van der Waals surface area (Å²) in [5, 5.41) is 16.3. The van der Waals surface area contributed by atoms with Crippen molar-refractivity contribution in [2.45, 2.75) is 13.8 Å². The number of amides is 1. The van der Waals surface area contributed by atoms with Crippen molar-refractivity contribution in [2.75, 3.05) is 23.3 Å². The number of anilines is 2. The van der Waals surface area contributed by atoms with Gasteiger partial charge in [-0.2, -0.15) is 0 Å². The molecule has 0 heterocycles. The summed E-state index contributed by atoms with van der Waals surface area (Å²) in [4.78, 5) is 24.5. The van der Waals surface area contributed by atoms with Gasteiger partial charge in [0.1, 0.15) is 0 Å². The molecule has 0 unspecified atom stereocenters. The van der Waals surface area contributed by atoms with Gasteiger partial charge in [0.2, 0.25) is 0 Å². The lowest BCUT2D eigenvalue weighted by atomic mass is 10.2. The van der Waals surface area contributed by atoms with Crippen LogP contribution in [0.2, 0.25) is 0 Å². The number of carbonyl (C=O) groups excluding carboxylic acids is 1. The first-order valence-electron chi connectivity index (χ1n) is 8.16. The van der Waals surface area contributed by atoms with Gasteiger partial charge >= 0.3 is 0 Å². The molecule has 0 aliphatic carbocycles. The summed E-state index contributed by atoms with van der Waals surface area (Å²) < 4.78 is 0. The van der Waals surface area contributed by atoms with Gasteiger partial charge in [-0.25, -0.2) is 0 Å². The van der Waals surface area contributed by atoms with Crippen LogP contribution in [0, 0.1) is 10.1 Å². The van der Waals surface area contributed by atoms with E-state index in [0.29, 0.717) is 0 Å². The van der Waals surface area contributed by atoms with Crippen molar-refractivity contribution < 1.29 is 9.72 Å². The Morgan fingerprint density at radius 1 is 1.08 bits per heavy atom. The summed E-state index contributed by atoms with van der Waals surface area (Å²) in [6.45, 7) is 6.04. The van der Waals surface area contributed by atoms with Crippen LogP contribution in [0.25, 0.3) is 0 Å². The minimum atomic E-state index is -0.518. The van der Waals surface area contributed by atoms with E-state index in [-0.39, 0.29) is 16.4 Å². The Morgan fingerprint density at radius 2 is 1.65 bits per heavy atom. The smallest absolute Gasteiger partial charge is 0.269 e. The van der Waals surface area contributed by atoms with Crippen LogP contribution in [0.15, 0.2) is 48.5 Å². The summed E-state index contributed by atoms with van der Waals surface area (Å²) in [5.74, 6) is -0.433. The van der Waals surface area contributed by atoms with Gasteiger partial charge in [0.15, 0.2) is 5.11 Å². The molecule has 0 saturated heterocycles. The maximum absolute atomic E-state index is 12.1. The molecule has 136 valence electrons. The van der Waals surface area contributed by atoms with Gasteiger partial charge in [0, 0.05) is 42.2 Å². The van der Waals surface area contributed by atoms with Gasteiger partial charge in [-0.3, -0.25) is 20.2 Å². The van der Waals surface area contributed by atoms with Crippen molar-refractivity contribution in [2.24, 2.45) is 0 Å². The molecule has 0 saturated carbocycles. The fourth-order valence-electron chi connectivity index (χ4n) is 2.42. The van der Waals surface area contributed by atoms with E-state index in [1.165, 1.54) is 24.3 Å². The normalized spacial score (nSPS) is 10.1. The first-order chi connectivity index (χ1) is 12.4. The van der Waals surface area contributed by atoms with Gasteiger partial charge in [0.05, 0.1) is 4.92 Å². The van der Waals surface area contributed by atoms with Crippen LogP contribution in [0.1, 0.15) is 24.2 Å². The quantitative estimate of drug-likeness (QED) is 0.458. The second-order valence-corrected chi connectivity index (χ2v) is 5.84. The monoisotopic (exact) mass is 372 g/mol. The molecule has 2 rings (SSSR count). The van der Waals surface area contributed by atoms with Crippen LogP contribution >= 0.6 is 12.2 Å². The van der Waals surface area contributed by atoms with E-state index in [1.54, 1.807) is 0 Å². The lowest BCUT2D eigenvalue weighted by molar-refractivity contribution is -0.384. The van der Waals surface area contributed by atoms with Gasteiger partial charge < -0.3 is 10.2 Å². The second kappa shape index (κ2) is 8.91. The third-order valence-corrected chi connectivity index (χ3v) is 4.03. The predicted molar refractivity (Wildman–Crippen MR) is 107 cm³/mol. The van der Waals surface area contributed by atoms with E-state index in [1.807, 2.05) is 24.3 Å². The van der Waals surface area contributed by atoms with Gasteiger partial charge in [-0.05, 0) is 62.5 Å². The van der Waals surface area contributed by atoms with Crippen molar-refractivity contribution in [3.05, 3.63) is 64.2 Å². The van der Waals surface area contributed by atoms with E-state index >= 15 is 0 Å². The zero-order valence-corrected chi connectivity index (χ0v) is 15.4. The lowest BCUT2D eigenvalue weighted by Gasteiger charge is -2.21. The van der Waals surface area contributed by atoms with Gasteiger partial charge in [0.25, 0.3) is 11.6 Å². The molecular weight excluding hydrogens is 352 g/mol. The standard InChI is InChI=1S/C18H20N4O3S/c1-3-21(4-2)15-11-7-14(8-12-15)19-18(26)20-17(23)13-5-9-16(10-6-13)22(24)25/h5-12H,3-4H2,1-2H3,(H2,19,20,23,26). The molecule has 0 aliphatic heterocycles. The highest BCUT2D eigenvalue weighted by atomic mass is 32.1. The highest BCUT2D eigenvalue weighted by molar-refractivity contribution is 7.80. The van der Waals surface area contributed by atoms with Gasteiger partial charge in [-0.1, -0.05) is 0 Å². The third-order valence-electron chi connectivity index (χ3n) is 3.82. The molecule has 0 spiro atoms. The Labute approximate surface area is 157 Å². The Morgan fingerprint density at radius 3 is 2.15 bits per heavy atom. The molecule has 0 aromatic heterocycles. The highest BCUT2D eigenvalue weighted by Crippen LogP contribution is 2.17. The molecule has 0 aliphatic rings. The van der Waals surface area contributed by atoms with Crippen molar-refractivity contribution in [3.8, 4) is 0 Å². The number of rotatable bonds is 6. The molecule has 7 nitrogen and oxygen atoms in total. The molecule has 2 aromatic carbocycles. The predicted octanol–water partition coefficient (Wildman–Crippen LogP) is 3.57. The number of hydrogen-bond donors (Lipinski definition) is 2. The van der Waals surface area contributed by atoms with Crippen molar-refractivity contribution in [3.63, 3.8) is 0 Å². The molecule has 2 N–H and O–H groups in total. The number of non-ortho nitro benzene ring substituents is 1. The summed E-state index contributed by atoms with van der Waals surface area (Å²) in [7, 11) is 0. The number of nitrogens with one attached hydrogen (secondary N) is 2. The molecule has 0 radical (unpaired) electrons. The van der Waals surface area contributed by atoms with Crippen LogP contribution in [0.3, 0.4) is 0 Å². The maximum Gasteiger partial charge on any atom is 0.269 e. The number of nitrogens with zero attached hydrogens (tertiary/aromatic N) is 2. The van der Waals surface area contributed by atoms with E-state index in [0.717, 1.165) is 24.5 Å². The number of hydrogen-bond acceptors (Lipinski definition) is 5. The molecule has 0 atom stereocenters. The molecule has 1 amide bonds. The van der Waals surface area contributed by atoms with Gasteiger partial charge in [-0.15, -0.1) is 0 Å².